The van der Waals surface area contributed by atoms with Gasteiger partial charge in [-0.25, -0.2) is 0 Å². The molecule has 0 fully saturated rings. The molecule has 0 aliphatic heterocycles. The fraction of sp³-hybridized carbons (Fsp3) is 0.0370. The number of amides is 1. The van der Waals surface area contributed by atoms with E-state index in [1.165, 1.54) is 11.8 Å². The Morgan fingerprint density at radius 1 is 0.719 bits per heavy atom. The maximum atomic E-state index is 12.6. The molecule has 4 aromatic rings. The monoisotopic (exact) mass is 457 g/mol. The largest absolute Gasteiger partial charge is 0.322 e. The molecular formula is C27H20ClNO2S. The number of halogens is 1. The Balaban J connectivity index is 1.36. The van der Waals surface area contributed by atoms with E-state index in [0.717, 1.165) is 16.0 Å². The van der Waals surface area contributed by atoms with Crippen molar-refractivity contribution >= 4 is 40.7 Å². The maximum Gasteiger partial charge on any atom is 0.255 e. The zero-order valence-corrected chi connectivity index (χ0v) is 18.7. The van der Waals surface area contributed by atoms with Crippen molar-refractivity contribution in [2.45, 2.75) is 4.90 Å². The van der Waals surface area contributed by atoms with E-state index in [4.69, 9.17) is 11.6 Å². The fourth-order valence-electron chi connectivity index (χ4n) is 3.21. The summed E-state index contributed by atoms with van der Waals surface area (Å²) in [6.45, 7) is 0. The van der Waals surface area contributed by atoms with Gasteiger partial charge in [0.2, 0.25) is 0 Å². The predicted molar refractivity (Wildman–Crippen MR) is 133 cm³/mol. The number of rotatable bonds is 7. The van der Waals surface area contributed by atoms with Gasteiger partial charge in [-0.1, -0.05) is 78.3 Å². The highest BCUT2D eigenvalue weighted by Gasteiger charge is 2.10. The standard InChI is InChI=1S/C27H20ClNO2S/c28-23-9-4-8-22(16-23)27(31)29-24-10-5-11-25(17-24)32-18-26(30)21-14-12-20(13-15-21)19-6-2-1-3-7-19/h1-17H,18H2,(H,29,31). The van der Waals surface area contributed by atoms with Crippen LogP contribution in [0.2, 0.25) is 5.02 Å². The van der Waals surface area contributed by atoms with Crippen LogP contribution in [0, 0.1) is 0 Å². The summed E-state index contributed by atoms with van der Waals surface area (Å²) >= 11 is 7.40. The van der Waals surface area contributed by atoms with E-state index >= 15 is 0 Å². The summed E-state index contributed by atoms with van der Waals surface area (Å²) in [6.07, 6.45) is 0. The van der Waals surface area contributed by atoms with Gasteiger partial charge in [0, 0.05) is 26.7 Å². The van der Waals surface area contributed by atoms with Gasteiger partial charge in [-0.2, -0.15) is 0 Å². The molecule has 0 saturated carbocycles. The zero-order chi connectivity index (χ0) is 22.3. The molecule has 4 aromatic carbocycles. The van der Waals surface area contributed by atoms with Crippen LogP contribution in [0.4, 0.5) is 5.69 Å². The van der Waals surface area contributed by atoms with Crippen molar-refractivity contribution in [2.24, 2.45) is 0 Å². The van der Waals surface area contributed by atoms with E-state index in [9.17, 15) is 9.59 Å². The Kier molecular flexibility index (Phi) is 7.05. The molecule has 0 saturated heterocycles. The Morgan fingerprint density at radius 2 is 1.44 bits per heavy atom. The number of benzene rings is 4. The van der Waals surface area contributed by atoms with Crippen LogP contribution in [0.15, 0.2) is 108 Å². The van der Waals surface area contributed by atoms with Gasteiger partial charge in [0.25, 0.3) is 5.91 Å². The maximum absolute atomic E-state index is 12.6. The fourth-order valence-corrected chi connectivity index (χ4v) is 4.25. The van der Waals surface area contributed by atoms with Gasteiger partial charge in [-0.05, 0) is 47.5 Å². The molecule has 0 aliphatic rings. The van der Waals surface area contributed by atoms with Crippen LogP contribution in [-0.2, 0) is 0 Å². The third-order valence-electron chi connectivity index (χ3n) is 4.86. The quantitative estimate of drug-likeness (QED) is 0.235. The number of carbonyl (C=O) groups is 2. The second-order valence-electron chi connectivity index (χ2n) is 7.15. The van der Waals surface area contributed by atoms with Crippen molar-refractivity contribution in [1.29, 1.82) is 0 Å². The highest BCUT2D eigenvalue weighted by atomic mass is 35.5. The molecule has 4 rings (SSSR count). The third kappa shape index (κ3) is 5.67. The van der Waals surface area contributed by atoms with E-state index in [2.05, 4.69) is 5.32 Å². The Hall–Kier alpha value is -3.34. The molecule has 1 amide bonds. The molecule has 0 atom stereocenters. The van der Waals surface area contributed by atoms with Gasteiger partial charge >= 0.3 is 0 Å². The SMILES string of the molecule is O=C(CSc1cccc(NC(=O)c2cccc(Cl)c2)c1)c1ccc(-c2ccccc2)cc1. The van der Waals surface area contributed by atoms with Crippen LogP contribution < -0.4 is 5.32 Å². The average molecular weight is 458 g/mol. The van der Waals surface area contributed by atoms with Gasteiger partial charge in [0.05, 0.1) is 5.75 Å². The molecule has 0 spiro atoms. The minimum atomic E-state index is -0.232. The van der Waals surface area contributed by atoms with Crippen molar-refractivity contribution in [2.75, 3.05) is 11.1 Å². The molecule has 0 radical (unpaired) electrons. The lowest BCUT2D eigenvalue weighted by Crippen LogP contribution is -2.11. The Labute approximate surface area is 196 Å². The lowest BCUT2D eigenvalue weighted by molar-refractivity contribution is 0.101. The van der Waals surface area contributed by atoms with Crippen LogP contribution in [-0.4, -0.2) is 17.4 Å². The minimum absolute atomic E-state index is 0.0583. The molecule has 158 valence electrons. The summed E-state index contributed by atoms with van der Waals surface area (Å²) in [5.74, 6) is 0.142. The first-order valence-corrected chi connectivity index (χ1v) is 11.4. The first-order chi connectivity index (χ1) is 15.6. The lowest BCUT2D eigenvalue weighted by Gasteiger charge is -2.08. The number of carbonyl (C=O) groups excluding carboxylic acids is 2. The van der Waals surface area contributed by atoms with Gasteiger partial charge in [0.15, 0.2) is 5.78 Å². The molecule has 0 bridgehead atoms. The van der Waals surface area contributed by atoms with Gasteiger partial charge in [0.1, 0.15) is 0 Å². The number of anilines is 1. The summed E-state index contributed by atoms with van der Waals surface area (Å²) in [5.41, 5.74) is 4.04. The van der Waals surface area contributed by atoms with Crippen LogP contribution in [0.25, 0.3) is 11.1 Å². The smallest absolute Gasteiger partial charge is 0.255 e. The number of hydrogen-bond acceptors (Lipinski definition) is 3. The average Bonchev–Trinajstić information content (AvgIpc) is 2.83. The number of ketones is 1. The van der Waals surface area contributed by atoms with Crippen LogP contribution in [0.3, 0.4) is 0 Å². The first-order valence-electron chi connectivity index (χ1n) is 10.1. The molecular weight excluding hydrogens is 438 g/mol. The van der Waals surface area contributed by atoms with Crippen molar-refractivity contribution in [3.05, 3.63) is 119 Å². The second kappa shape index (κ2) is 10.3. The number of hydrogen-bond donors (Lipinski definition) is 1. The van der Waals surface area contributed by atoms with E-state index in [1.54, 1.807) is 24.3 Å². The summed E-state index contributed by atoms with van der Waals surface area (Å²) in [6, 6.07) is 32.0. The van der Waals surface area contributed by atoms with E-state index in [1.807, 2.05) is 78.9 Å². The van der Waals surface area contributed by atoms with Crippen molar-refractivity contribution in [1.82, 2.24) is 0 Å². The Bertz CT molecular complexity index is 1240. The van der Waals surface area contributed by atoms with E-state index in [0.29, 0.717) is 27.6 Å². The summed E-state index contributed by atoms with van der Waals surface area (Å²) in [4.78, 5) is 26.0. The van der Waals surface area contributed by atoms with E-state index in [-0.39, 0.29) is 11.7 Å². The summed E-state index contributed by atoms with van der Waals surface area (Å²) in [5, 5.41) is 3.38. The Morgan fingerprint density at radius 3 is 2.19 bits per heavy atom. The van der Waals surface area contributed by atoms with Gasteiger partial charge in [-0.15, -0.1) is 11.8 Å². The molecule has 32 heavy (non-hydrogen) atoms. The summed E-state index contributed by atoms with van der Waals surface area (Å²) in [7, 11) is 0. The summed E-state index contributed by atoms with van der Waals surface area (Å²) < 4.78 is 0. The van der Waals surface area contributed by atoms with Crippen molar-refractivity contribution < 1.29 is 9.59 Å². The molecule has 3 nitrogen and oxygen atoms in total. The molecule has 0 aromatic heterocycles. The predicted octanol–water partition coefficient (Wildman–Crippen LogP) is 7.23. The van der Waals surface area contributed by atoms with E-state index < -0.39 is 0 Å². The molecule has 1 N–H and O–H groups in total. The number of thioether (sulfide) groups is 1. The molecule has 0 unspecified atom stereocenters. The molecule has 0 aliphatic carbocycles. The van der Waals surface area contributed by atoms with Crippen molar-refractivity contribution in [3.8, 4) is 11.1 Å². The number of Topliss-reactive ketones (excluding diaryl/α,β-unsaturated/α-hetero) is 1. The normalized spacial score (nSPS) is 10.5. The lowest BCUT2D eigenvalue weighted by atomic mass is 10.0. The van der Waals surface area contributed by atoms with Crippen LogP contribution >= 0.6 is 23.4 Å². The minimum Gasteiger partial charge on any atom is -0.322 e. The third-order valence-corrected chi connectivity index (χ3v) is 6.09. The van der Waals surface area contributed by atoms with Crippen LogP contribution in [0.5, 0.6) is 0 Å². The number of nitrogens with one attached hydrogen (secondary N) is 1. The topological polar surface area (TPSA) is 46.2 Å². The van der Waals surface area contributed by atoms with Gasteiger partial charge < -0.3 is 5.32 Å². The zero-order valence-electron chi connectivity index (χ0n) is 17.1. The van der Waals surface area contributed by atoms with Crippen molar-refractivity contribution in [3.63, 3.8) is 0 Å². The highest BCUT2D eigenvalue weighted by Crippen LogP contribution is 2.24. The second-order valence-corrected chi connectivity index (χ2v) is 8.63. The van der Waals surface area contributed by atoms with Crippen LogP contribution in [0.1, 0.15) is 20.7 Å². The first kappa shape index (κ1) is 21.9. The van der Waals surface area contributed by atoms with Gasteiger partial charge in [-0.3, -0.25) is 9.59 Å². The molecule has 5 heteroatoms. The highest BCUT2D eigenvalue weighted by molar-refractivity contribution is 8.00. The molecule has 0 heterocycles.